The number of nitrogens with zero attached hydrogens (tertiary/aromatic N) is 1. The molecule has 0 N–H and O–H groups in total. The Labute approximate surface area is 157 Å². The molecule has 3 rings (SSSR count). The predicted octanol–water partition coefficient (Wildman–Crippen LogP) is 3.90. The van der Waals surface area contributed by atoms with E-state index in [9.17, 15) is 4.79 Å². The van der Waals surface area contributed by atoms with Crippen LogP contribution < -0.4 is 18.9 Å². The van der Waals surface area contributed by atoms with Crippen molar-refractivity contribution in [3.05, 3.63) is 54.2 Å². The molecule has 0 unspecified atom stereocenters. The molecule has 1 heterocycles. The molecule has 0 radical (unpaired) electrons. The monoisotopic (exact) mass is 375 g/mol. The minimum absolute atomic E-state index is 0. The van der Waals surface area contributed by atoms with Crippen molar-refractivity contribution in [2.24, 2.45) is 0 Å². The van der Waals surface area contributed by atoms with E-state index in [2.05, 4.69) is 4.98 Å². The highest BCUT2D eigenvalue weighted by molar-refractivity contribution is 5.95. The highest BCUT2D eigenvalue weighted by Gasteiger charge is 2.19. The number of hydrogen-bond acceptors (Lipinski definition) is 6. The van der Waals surface area contributed by atoms with Gasteiger partial charge in [-0.05, 0) is 24.3 Å². The number of fused-ring (bicyclic) bond motifs is 1. The predicted molar refractivity (Wildman–Crippen MR) is 100 cm³/mol. The summed E-state index contributed by atoms with van der Waals surface area (Å²) < 4.78 is 21.3. The van der Waals surface area contributed by atoms with Gasteiger partial charge in [-0.1, -0.05) is 18.2 Å². The lowest BCUT2D eigenvalue weighted by molar-refractivity contribution is 0.0736. The lowest BCUT2D eigenvalue weighted by Gasteiger charge is -2.14. The molecule has 0 spiro atoms. The Morgan fingerprint density at radius 1 is 0.885 bits per heavy atom. The molecule has 0 atom stereocenters. The Morgan fingerprint density at radius 2 is 1.54 bits per heavy atom. The number of aromatic nitrogens is 1. The summed E-state index contributed by atoms with van der Waals surface area (Å²) in [5.74, 6) is 1.01. The lowest BCUT2D eigenvalue weighted by Crippen LogP contribution is -2.10. The smallest absolute Gasteiger partial charge is 0.343 e. The first kappa shape index (κ1) is 19.3. The maximum Gasteiger partial charge on any atom is 0.343 e. The van der Waals surface area contributed by atoms with Gasteiger partial charge in [-0.3, -0.25) is 4.98 Å². The van der Waals surface area contributed by atoms with Crippen LogP contribution in [0.25, 0.3) is 10.9 Å². The van der Waals surface area contributed by atoms with Gasteiger partial charge in [-0.15, -0.1) is 12.4 Å². The number of rotatable bonds is 5. The van der Waals surface area contributed by atoms with E-state index in [1.807, 2.05) is 24.3 Å². The van der Waals surface area contributed by atoms with Gasteiger partial charge in [-0.25, -0.2) is 4.79 Å². The number of ether oxygens (including phenoxy) is 4. The Hall–Kier alpha value is -2.99. The number of methoxy groups -OCH3 is 3. The molecular formula is C19H18ClNO5. The second-order valence-electron chi connectivity index (χ2n) is 5.13. The van der Waals surface area contributed by atoms with Gasteiger partial charge in [0.15, 0.2) is 17.2 Å². The molecule has 6 nitrogen and oxygen atoms in total. The van der Waals surface area contributed by atoms with E-state index in [1.165, 1.54) is 21.3 Å². The number of carbonyl (C=O) groups is 1. The van der Waals surface area contributed by atoms with Crippen molar-refractivity contribution in [1.82, 2.24) is 4.98 Å². The second kappa shape index (κ2) is 8.40. The standard InChI is InChI=1S/C19H17NO5.ClH/c1-22-15-10-13(11-16(23-2)18(15)24-3)19(21)25-14-8-4-6-12-7-5-9-20-17(12)14;/h4-11H,1-3H3;1H. The highest BCUT2D eigenvalue weighted by Crippen LogP contribution is 2.38. The van der Waals surface area contributed by atoms with Crippen molar-refractivity contribution >= 4 is 29.3 Å². The van der Waals surface area contributed by atoms with Crippen molar-refractivity contribution in [2.75, 3.05) is 21.3 Å². The van der Waals surface area contributed by atoms with Gasteiger partial charge in [0.25, 0.3) is 0 Å². The average molecular weight is 376 g/mol. The number of carbonyl (C=O) groups excluding carboxylic acids is 1. The Kier molecular flexibility index (Phi) is 6.25. The molecule has 0 saturated heterocycles. The van der Waals surface area contributed by atoms with Crippen LogP contribution in [-0.4, -0.2) is 32.3 Å². The zero-order valence-corrected chi connectivity index (χ0v) is 15.3. The first-order chi connectivity index (χ1) is 12.2. The third-order valence-electron chi connectivity index (χ3n) is 3.70. The maximum absolute atomic E-state index is 12.6. The fourth-order valence-electron chi connectivity index (χ4n) is 2.52. The Morgan fingerprint density at radius 3 is 2.15 bits per heavy atom. The number of hydrogen-bond donors (Lipinski definition) is 0. The molecule has 0 aliphatic rings. The summed E-state index contributed by atoms with van der Waals surface area (Å²) in [7, 11) is 4.47. The van der Waals surface area contributed by atoms with Crippen molar-refractivity contribution in [3.63, 3.8) is 0 Å². The molecule has 0 aliphatic heterocycles. The second-order valence-corrected chi connectivity index (χ2v) is 5.13. The molecule has 26 heavy (non-hydrogen) atoms. The van der Waals surface area contributed by atoms with E-state index in [0.717, 1.165) is 5.39 Å². The maximum atomic E-state index is 12.6. The zero-order chi connectivity index (χ0) is 17.8. The van der Waals surface area contributed by atoms with E-state index in [-0.39, 0.29) is 18.0 Å². The van der Waals surface area contributed by atoms with E-state index in [4.69, 9.17) is 18.9 Å². The van der Waals surface area contributed by atoms with E-state index >= 15 is 0 Å². The first-order valence-corrected chi connectivity index (χ1v) is 7.54. The Balaban J connectivity index is 0.00000243. The van der Waals surface area contributed by atoms with Crippen molar-refractivity contribution in [1.29, 1.82) is 0 Å². The van der Waals surface area contributed by atoms with Crippen molar-refractivity contribution in [3.8, 4) is 23.0 Å². The summed E-state index contributed by atoms with van der Waals surface area (Å²) in [6.45, 7) is 0. The fraction of sp³-hybridized carbons (Fsp3) is 0.158. The average Bonchev–Trinajstić information content (AvgIpc) is 2.66. The van der Waals surface area contributed by atoms with Crippen LogP contribution in [0.1, 0.15) is 10.4 Å². The number of benzene rings is 2. The summed E-state index contributed by atoms with van der Waals surface area (Å²) in [4.78, 5) is 16.9. The van der Waals surface area contributed by atoms with Crippen LogP contribution in [0, 0.1) is 0 Å². The van der Waals surface area contributed by atoms with Gasteiger partial charge in [0.1, 0.15) is 5.52 Å². The largest absolute Gasteiger partial charge is 0.493 e. The van der Waals surface area contributed by atoms with Crippen LogP contribution in [-0.2, 0) is 0 Å². The van der Waals surface area contributed by atoms with Crippen LogP contribution in [0.2, 0.25) is 0 Å². The van der Waals surface area contributed by atoms with Gasteiger partial charge < -0.3 is 18.9 Å². The van der Waals surface area contributed by atoms with Gasteiger partial charge in [0, 0.05) is 11.6 Å². The fourth-order valence-corrected chi connectivity index (χ4v) is 2.52. The molecule has 2 aromatic carbocycles. The first-order valence-electron chi connectivity index (χ1n) is 7.54. The third-order valence-corrected chi connectivity index (χ3v) is 3.70. The summed E-state index contributed by atoms with van der Waals surface area (Å²) in [5.41, 5.74) is 0.897. The third kappa shape index (κ3) is 3.65. The highest BCUT2D eigenvalue weighted by atomic mass is 35.5. The molecule has 0 amide bonds. The van der Waals surface area contributed by atoms with Crippen LogP contribution in [0.4, 0.5) is 0 Å². The molecular weight excluding hydrogens is 358 g/mol. The van der Waals surface area contributed by atoms with E-state index in [1.54, 1.807) is 24.4 Å². The Bertz CT molecular complexity index is 898. The summed E-state index contributed by atoms with van der Waals surface area (Å²) in [6.07, 6.45) is 1.65. The number of para-hydroxylation sites is 1. The quantitative estimate of drug-likeness (QED) is 0.497. The normalized spacial score (nSPS) is 9.96. The number of pyridine rings is 1. The lowest BCUT2D eigenvalue weighted by atomic mass is 10.1. The van der Waals surface area contributed by atoms with Crippen LogP contribution in [0.15, 0.2) is 48.7 Å². The minimum atomic E-state index is -0.544. The van der Waals surface area contributed by atoms with Gasteiger partial charge in [0.2, 0.25) is 5.75 Å². The SMILES string of the molecule is COc1cc(C(=O)Oc2cccc3cccnc23)cc(OC)c1OC.Cl. The van der Waals surface area contributed by atoms with E-state index in [0.29, 0.717) is 28.5 Å². The van der Waals surface area contributed by atoms with Gasteiger partial charge in [0.05, 0.1) is 26.9 Å². The summed E-state index contributed by atoms with van der Waals surface area (Å²) in [6, 6.07) is 12.2. The van der Waals surface area contributed by atoms with Crippen LogP contribution in [0.3, 0.4) is 0 Å². The molecule has 3 aromatic rings. The zero-order valence-electron chi connectivity index (χ0n) is 14.5. The van der Waals surface area contributed by atoms with Crippen LogP contribution >= 0.6 is 12.4 Å². The van der Waals surface area contributed by atoms with Gasteiger partial charge in [-0.2, -0.15) is 0 Å². The minimum Gasteiger partial charge on any atom is -0.493 e. The van der Waals surface area contributed by atoms with Crippen molar-refractivity contribution < 1.29 is 23.7 Å². The van der Waals surface area contributed by atoms with E-state index < -0.39 is 5.97 Å². The van der Waals surface area contributed by atoms with Crippen LogP contribution in [0.5, 0.6) is 23.0 Å². The van der Waals surface area contributed by atoms with Crippen molar-refractivity contribution in [2.45, 2.75) is 0 Å². The summed E-state index contributed by atoms with van der Waals surface area (Å²) in [5, 5.41) is 0.887. The molecule has 0 bridgehead atoms. The molecule has 7 heteroatoms. The molecule has 136 valence electrons. The molecule has 0 saturated carbocycles. The molecule has 0 aliphatic carbocycles. The summed E-state index contributed by atoms with van der Waals surface area (Å²) >= 11 is 0. The topological polar surface area (TPSA) is 66.9 Å². The number of halogens is 1. The number of esters is 1. The molecule has 1 aromatic heterocycles. The van der Waals surface area contributed by atoms with Gasteiger partial charge >= 0.3 is 5.97 Å². The molecule has 0 fully saturated rings.